The lowest BCUT2D eigenvalue weighted by molar-refractivity contribution is -0.129. The number of aliphatic hydroxyl groups is 1. The summed E-state index contributed by atoms with van der Waals surface area (Å²) < 4.78 is 5.02. The van der Waals surface area contributed by atoms with E-state index >= 15 is 0 Å². The number of amides is 1. The first-order valence-electron chi connectivity index (χ1n) is 6.36. The van der Waals surface area contributed by atoms with Crippen molar-refractivity contribution in [2.45, 2.75) is 12.5 Å². The van der Waals surface area contributed by atoms with Gasteiger partial charge in [0.25, 0.3) is 5.91 Å². The van der Waals surface area contributed by atoms with E-state index in [-0.39, 0.29) is 5.95 Å². The monoisotopic (exact) mass is 291 g/mol. The summed E-state index contributed by atoms with van der Waals surface area (Å²) in [5.41, 5.74) is 5.86. The first kappa shape index (κ1) is 14.8. The molecule has 8 nitrogen and oxygen atoms in total. The van der Waals surface area contributed by atoms with Crippen LogP contribution in [0, 0.1) is 0 Å². The molecule has 0 bridgehead atoms. The molecule has 0 aliphatic heterocycles. The van der Waals surface area contributed by atoms with Gasteiger partial charge in [-0.2, -0.15) is 4.98 Å². The second kappa shape index (κ2) is 6.71. The number of ether oxygens (including phenoxy) is 1. The van der Waals surface area contributed by atoms with Crippen LogP contribution < -0.4 is 15.8 Å². The minimum Gasteiger partial charge on any atom is -0.497 e. The molecule has 0 radical (unpaired) electrons. The molecule has 8 heteroatoms. The van der Waals surface area contributed by atoms with Crippen molar-refractivity contribution in [2.75, 3.05) is 19.4 Å². The van der Waals surface area contributed by atoms with Crippen LogP contribution in [0.1, 0.15) is 17.5 Å². The molecule has 0 saturated heterocycles. The fraction of sp³-hybridized carbons (Fsp3) is 0.308. The van der Waals surface area contributed by atoms with E-state index in [1.165, 1.54) is 0 Å². The number of anilines is 1. The highest BCUT2D eigenvalue weighted by Gasteiger charge is 2.16. The van der Waals surface area contributed by atoms with Gasteiger partial charge in [-0.3, -0.25) is 9.89 Å². The van der Waals surface area contributed by atoms with Gasteiger partial charge < -0.3 is 20.9 Å². The molecule has 21 heavy (non-hydrogen) atoms. The molecule has 1 aromatic carbocycles. The van der Waals surface area contributed by atoms with E-state index in [9.17, 15) is 9.90 Å². The molecule has 1 heterocycles. The van der Waals surface area contributed by atoms with Crippen LogP contribution in [0.15, 0.2) is 24.3 Å². The Labute approximate surface area is 121 Å². The number of hydrogen-bond donors (Lipinski definition) is 4. The number of hydrogen-bond acceptors (Lipinski definition) is 6. The number of carbonyl (C=O) groups is 1. The molecule has 0 unspecified atom stereocenters. The Morgan fingerprint density at radius 2 is 2.19 bits per heavy atom. The largest absolute Gasteiger partial charge is 0.497 e. The fourth-order valence-corrected chi connectivity index (χ4v) is 1.76. The normalized spacial score (nSPS) is 11.9. The molecule has 2 rings (SSSR count). The molecule has 5 N–H and O–H groups in total. The summed E-state index contributed by atoms with van der Waals surface area (Å²) in [6.45, 7) is 0.320. The van der Waals surface area contributed by atoms with E-state index in [2.05, 4.69) is 20.5 Å². The number of benzene rings is 1. The van der Waals surface area contributed by atoms with Crippen molar-refractivity contribution >= 4 is 11.9 Å². The number of nitrogens with two attached hydrogens (primary N) is 1. The number of nitrogens with one attached hydrogen (secondary N) is 2. The van der Waals surface area contributed by atoms with Crippen molar-refractivity contribution in [3.8, 4) is 5.75 Å². The van der Waals surface area contributed by atoms with Gasteiger partial charge in [0.15, 0.2) is 6.10 Å². The summed E-state index contributed by atoms with van der Waals surface area (Å²) in [4.78, 5) is 15.7. The minimum atomic E-state index is -1.23. The number of carbonyl (C=O) groups excluding carboxylic acids is 1. The summed E-state index contributed by atoms with van der Waals surface area (Å²) in [6.07, 6.45) is -0.777. The van der Waals surface area contributed by atoms with Crippen molar-refractivity contribution < 1.29 is 14.6 Å². The Morgan fingerprint density at radius 1 is 1.48 bits per heavy atom. The topological polar surface area (TPSA) is 126 Å². The number of methoxy groups -OCH3 is 1. The third kappa shape index (κ3) is 3.93. The Hall–Kier alpha value is -2.61. The molecule has 0 saturated carbocycles. The van der Waals surface area contributed by atoms with Crippen LogP contribution in [0.2, 0.25) is 0 Å². The summed E-state index contributed by atoms with van der Waals surface area (Å²) in [5.74, 6) is 0.920. The van der Waals surface area contributed by atoms with Crippen molar-refractivity contribution in [3.05, 3.63) is 35.7 Å². The quantitative estimate of drug-likeness (QED) is 0.583. The maximum Gasteiger partial charge on any atom is 0.253 e. The number of aromatic nitrogens is 3. The van der Waals surface area contributed by atoms with Crippen LogP contribution in [0.3, 0.4) is 0 Å². The van der Waals surface area contributed by atoms with Gasteiger partial charge in [-0.15, -0.1) is 5.10 Å². The lowest BCUT2D eigenvalue weighted by atomic mass is 10.1. The van der Waals surface area contributed by atoms with Gasteiger partial charge in [0.2, 0.25) is 5.95 Å². The molecule has 1 aromatic heterocycles. The molecule has 0 aliphatic rings. The van der Waals surface area contributed by atoms with Gasteiger partial charge in [-0.05, 0) is 17.7 Å². The third-order valence-electron chi connectivity index (χ3n) is 2.89. The maximum atomic E-state index is 11.8. The predicted octanol–water partition coefficient (Wildman–Crippen LogP) is -0.212. The molecule has 0 aliphatic carbocycles. The molecule has 112 valence electrons. The zero-order valence-corrected chi connectivity index (χ0v) is 11.5. The van der Waals surface area contributed by atoms with E-state index < -0.39 is 12.0 Å². The molecule has 2 aromatic rings. The number of H-pyrrole nitrogens is 1. The molecular weight excluding hydrogens is 274 g/mol. The van der Waals surface area contributed by atoms with Gasteiger partial charge in [-0.1, -0.05) is 12.1 Å². The minimum absolute atomic E-state index is 0.162. The third-order valence-corrected chi connectivity index (χ3v) is 2.89. The molecular formula is C13H17N5O3. The van der Waals surface area contributed by atoms with Crippen LogP contribution in [-0.4, -0.2) is 39.8 Å². The van der Waals surface area contributed by atoms with Gasteiger partial charge in [0.1, 0.15) is 11.6 Å². The number of nitrogen functional groups attached to an aromatic ring is 1. The van der Waals surface area contributed by atoms with Crippen LogP contribution in [-0.2, 0) is 11.2 Å². The highest BCUT2D eigenvalue weighted by molar-refractivity contribution is 5.81. The van der Waals surface area contributed by atoms with E-state index in [4.69, 9.17) is 10.5 Å². The van der Waals surface area contributed by atoms with E-state index in [0.29, 0.717) is 30.1 Å². The lowest BCUT2D eigenvalue weighted by Gasteiger charge is -2.11. The maximum absolute atomic E-state index is 11.8. The molecule has 0 spiro atoms. The Balaban J connectivity index is 1.84. The van der Waals surface area contributed by atoms with Gasteiger partial charge >= 0.3 is 0 Å². The summed E-state index contributed by atoms with van der Waals surface area (Å²) >= 11 is 0. The average molecular weight is 291 g/mol. The van der Waals surface area contributed by atoms with Gasteiger partial charge in [0, 0.05) is 13.0 Å². The van der Waals surface area contributed by atoms with Gasteiger partial charge in [0.05, 0.1) is 7.11 Å². The van der Waals surface area contributed by atoms with Crippen molar-refractivity contribution in [3.63, 3.8) is 0 Å². The number of rotatable bonds is 6. The second-order valence-corrected chi connectivity index (χ2v) is 4.36. The van der Waals surface area contributed by atoms with E-state index in [0.717, 1.165) is 0 Å². The summed E-state index contributed by atoms with van der Waals surface area (Å²) in [7, 11) is 1.55. The van der Waals surface area contributed by atoms with Crippen LogP contribution in [0.4, 0.5) is 5.95 Å². The van der Waals surface area contributed by atoms with Crippen LogP contribution in [0.25, 0.3) is 0 Å². The number of aliphatic hydroxyl groups excluding tert-OH is 1. The van der Waals surface area contributed by atoms with Crippen LogP contribution >= 0.6 is 0 Å². The van der Waals surface area contributed by atoms with Crippen molar-refractivity contribution in [1.82, 2.24) is 20.5 Å². The highest BCUT2D eigenvalue weighted by atomic mass is 16.5. The Kier molecular flexibility index (Phi) is 4.72. The standard InChI is InChI=1S/C13H17N5O3/c1-21-9-4-2-8(3-5-9)11(19)12(20)15-7-6-10-16-13(14)18-17-10/h2-5,11,19H,6-7H2,1H3,(H,15,20)(H3,14,16,17,18)/t11-/m0/s1. The zero-order chi connectivity index (χ0) is 15.2. The van der Waals surface area contributed by atoms with Crippen LogP contribution in [0.5, 0.6) is 5.75 Å². The van der Waals surface area contributed by atoms with E-state index in [1.807, 2.05) is 0 Å². The summed E-state index contributed by atoms with van der Waals surface area (Å²) in [5, 5.41) is 18.9. The van der Waals surface area contributed by atoms with Crippen molar-refractivity contribution in [1.29, 1.82) is 0 Å². The predicted molar refractivity (Wildman–Crippen MR) is 75.5 cm³/mol. The first-order valence-corrected chi connectivity index (χ1v) is 6.36. The smallest absolute Gasteiger partial charge is 0.253 e. The SMILES string of the molecule is COc1ccc([C@H](O)C(=O)NCCc2nc(N)n[nH]2)cc1. The zero-order valence-electron chi connectivity index (χ0n) is 11.5. The van der Waals surface area contributed by atoms with Crippen molar-refractivity contribution in [2.24, 2.45) is 0 Å². The molecule has 0 fully saturated rings. The number of aromatic amines is 1. The summed E-state index contributed by atoms with van der Waals surface area (Å²) in [6, 6.07) is 6.65. The fourth-order valence-electron chi connectivity index (χ4n) is 1.76. The highest BCUT2D eigenvalue weighted by Crippen LogP contribution is 2.17. The Morgan fingerprint density at radius 3 is 2.76 bits per heavy atom. The first-order chi connectivity index (χ1) is 10.1. The van der Waals surface area contributed by atoms with E-state index in [1.54, 1.807) is 31.4 Å². The second-order valence-electron chi connectivity index (χ2n) is 4.36. The van der Waals surface area contributed by atoms with Gasteiger partial charge in [-0.25, -0.2) is 0 Å². The average Bonchev–Trinajstić information content (AvgIpc) is 2.92. The molecule has 1 amide bonds. The molecule has 1 atom stereocenters. The number of nitrogens with zero attached hydrogens (tertiary/aromatic N) is 2. The lowest BCUT2D eigenvalue weighted by Crippen LogP contribution is -2.31. The Bertz CT molecular complexity index is 596.